The van der Waals surface area contributed by atoms with E-state index in [4.69, 9.17) is 11.6 Å². The maximum atomic E-state index is 13.7. The van der Waals surface area contributed by atoms with E-state index < -0.39 is 21.9 Å². The molecule has 4 aromatic rings. The molecule has 0 aliphatic carbocycles. The number of hydrazone groups is 1. The quantitative estimate of drug-likeness (QED) is 0.159. The van der Waals surface area contributed by atoms with Gasteiger partial charge in [0.1, 0.15) is 0 Å². The summed E-state index contributed by atoms with van der Waals surface area (Å²) in [7, 11) is -2.61. The first-order valence-electron chi connectivity index (χ1n) is 12.1. The number of rotatable bonds is 9. The molecule has 0 heterocycles. The summed E-state index contributed by atoms with van der Waals surface area (Å²) in [6, 6.07) is 26.4. The summed E-state index contributed by atoms with van der Waals surface area (Å²) in [5, 5.41) is 4.42. The van der Waals surface area contributed by atoms with Crippen LogP contribution in [0.3, 0.4) is 0 Å². The molecule has 0 unspecified atom stereocenters. The summed E-state index contributed by atoms with van der Waals surface area (Å²) in [4.78, 5) is 24.3. The zero-order valence-corrected chi connectivity index (χ0v) is 23.3. The van der Waals surface area contributed by atoms with Gasteiger partial charge in [0.25, 0.3) is 15.9 Å². The first kappa shape index (κ1) is 28.5. The van der Waals surface area contributed by atoms with Crippen LogP contribution >= 0.6 is 11.6 Å². The van der Waals surface area contributed by atoms with E-state index in [0.717, 1.165) is 0 Å². The Labute approximate surface area is 237 Å². The Morgan fingerprint density at radius 3 is 2.20 bits per heavy atom. The Morgan fingerprint density at radius 2 is 1.55 bits per heavy atom. The Balaban J connectivity index is 1.50. The lowest BCUT2D eigenvalue weighted by Gasteiger charge is -2.26. The zero-order valence-electron chi connectivity index (χ0n) is 21.7. The van der Waals surface area contributed by atoms with Gasteiger partial charge in [-0.25, -0.2) is 18.6 Å². The molecular formula is C30H26ClN3O5S. The second-order valence-corrected chi connectivity index (χ2v) is 11.0. The van der Waals surface area contributed by atoms with Crippen LogP contribution in [0.15, 0.2) is 107 Å². The number of benzene rings is 4. The van der Waals surface area contributed by atoms with Crippen molar-refractivity contribution >= 4 is 45.4 Å². The highest BCUT2D eigenvalue weighted by Crippen LogP contribution is 2.32. The van der Waals surface area contributed by atoms with Crippen molar-refractivity contribution in [1.29, 1.82) is 0 Å². The van der Waals surface area contributed by atoms with Crippen molar-refractivity contribution in [3.05, 3.63) is 130 Å². The number of halogens is 1. The van der Waals surface area contributed by atoms with E-state index in [1.54, 1.807) is 104 Å². The van der Waals surface area contributed by atoms with Gasteiger partial charge in [0.05, 0.1) is 36.0 Å². The van der Waals surface area contributed by atoms with Crippen LogP contribution in [0.2, 0.25) is 5.02 Å². The van der Waals surface area contributed by atoms with Crippen LogP contribution in [0, 0.1) is 6.92 Å². The van der Waals surface area contributed by atoms with E-state index in [2.05, 4.69) is 15.3 Å². The predicted molar refractivity (Wildman–Crippen MR) is 155 cm³/mol. The number of sulfonamides is 1. The lowest BCUT2D eigenvalue weighted by Crippen LogP contribution is -2.31. The highest BCUT2D eigenvalue weighted by Gasteiger charge is 2.27. The number of nitrogens with zero attached hydrogens (tertiary/aromatic N) is 2. The minimum atomic E-state index is -3.91. The number of carbonyl (C=O) groups excluding carboxylic acids is 2. The van der Waals surface area contributed by atoms with Crippen LogP contribution in [0.4, 0.5) is 5.69 Å². The Bertz CT molecular complexity index is 1640. The highest BCUT2D eigenvalue weighted by molar-refractivity contribution is 7.92. The van der Waals surface area contributed by atoms with Gasteiger partial charge in [-0.1, -0.05) is 60.1 Å². The standard InChI is InChI=1S/C30H26ClN3O5S/c1-21-27(31)9-6-10-28(21)34(40(37,38)26-7-4-3-5-8-26)20-23-13-15-24(16-14-23)29(35)33-32-19-22-11-17-25(18-12-22)30(36)39-2/h3-19H,20H2,1-2H3,(H,33,35)/b32-19-. The molecule has 0 radical (unpaired) electrons. The third-order valence-corrected chi connectivity index (χ3v) is 8.28. The lowest BCUT2D eigenvalue weighted by molar-refractivity contribution is 0.0600. The molecule has 8 nitrogen and oxygen atoms in total. The molecule has 0 aromatic heterocycles. The number of methoxy groups -OCH3 is 1. The normalized spacial score (nSPS) is 11.3. The molecule has 40 heavy (non-hydrogen) atoms. The third kappa shape index (κ3) is 6.56. The molecule has 1 amide bonds. The Kier molecular flexibility index (Phi) is 8.98. The van der Waals surface area contributed by atoms with Crippen molar-refractivity contribution < 1.29 is 22.7 Å². The van der Waals surface area contributed by atoms with E-state index >= 15 is 0 Å². The lowest BCUT2D eigenvalue weighted by atomic mass is 10.1. The molecule has 4 rings (SSSR count). The summed E-state index contributed by atoms with van der Waals surface area (Å²) < 4.78 is 33.3. The number of esters is 1. The fraction of sp³-hybridized carbons (Fsp3) is 0.100. The van der Waals surface area contributed by atoms with Gasteiger partial charge in [-0.3, -0.25) is 9.10 Å². The molecule has 0 fully saturated rings. The van der Waals surface area contributed by atoms with Crippen LogP contribution in [0.25, 0.3) is 0 Å². The zero-order chi connectivity index (χ0) is 28.7. The summed E-state index contributed by atoms with van der Waals surface area (Å²) in [6.07, 6.45) is 1.45. The summed E-state index contributed by atoms with van der Waals surface area (Å²) in [5.74, 6) is -0.878. The second-order valence-electron chi connectivity index (χ2n) is 8.72. The summed E-state index contributed by atoms with van der Waals surface area (Å²) in [6.45, 7) is 1.80. The van der Waals surface area contributed by atoms with Gasteiger partial charge in [0.2, 0.25) is 0 Å². The van der Waals surface area contributed by atoms with Crippen LogP contribution in [-0.2, 0) is 21.3 Å². The third-order valence-electron chi connectivity index (χ3n) is 6.09. The van der Waals surface area contributed by atoms with Gasteiger partial charge < -0.3 is 4.74 Å². The number of carbonyl (C=O) groups is 2. The van der Waals surface area contributed by atoms with E-state index in [1.165, 1.54) is 17.6 Å². The van der Waals surface area contributed by atoms with Crippen LogP contribution in [0.1, 0.15) is 37.4 Å². The van der Waals surface area contributed by atoms with Crippen LogP contribution in [-0.4, -0.2) is 33.6 Å². The van der Waals surface area contributed by atoms with E-state index in [0.29, 0.717) is 38.5 Å². The number of ether oxygens (including phenoxy) is 1. The van der Waals surface area contributed by atoms with Crippen molar-refractivity contribution in [2.45, 2.75) is 18.4 Å². The van der Waals surface area contributed by atoms with Crippen molar-refractivity contribution in [3.63, 3.8) is 0 Å². The second kappa shape index (κ2) is 12.6. The first-order valence-corrected chi connectivity index (χ1v) is 14.0. The molecule has 0 atom stereocenters. The molecule has 0 saturated heterocycles. The molecule has 0 bridgehead atoms. The van der Waals surface area contributed by atoms with Crippen molar-refractivity contribution in [2.75, 3.05) is 11.4 Å². The topological polar surface area (TPSA) is 105 Å². The molecule has 0 saturated carbocycles. The summed E-state index contributed by atoms with van der Waals surface area (Å²) >= 11 is 6.32. The fourth-order valence-electron chi connectivity index (χ4n) is 3.87. The predicted octanol–water partition coefficient (Wildman–Crippen LogP) is 5.59. The van der Waals surface area contributed by atoms with Crippen LogP contribution in [0.5, 0.6) is 0 Å². The number of hydrogen-bond donors (Lipinski definition) is 1. The van der Waals surface area contributed by atoms with Crippen molar-refractivity contribution in [3.8, 4) is 0 Å². The first-order chi connectivity index (χ1) is 19.2. The fourth-order valence-corrected chi connectivity index (χ4v) is 5.57. The van der Waals surface area contributed by atoms with Crippen molar-refractivity contribution in [1.82, 2.24) is 5.43 Å². The number of anilines is 1. The highest BCUT2D eigenvalue weighted by atomic mass is 35.5. The smallest absolute Gasteiger partial charge is 0.337 e. The molecule has 204 valence electrons. The van der Waals surface area contributed by atoms with Gasteiger partial charge >= 0.3 is 5.97 Å². The Morgan fingerprint density at radius 1 is 0.900 bits per heavy atom. The summed E-state index contributed by atoms with van der Waals surface area (Å²) in [5.41, 5.74) is 5.66. The molecular weight excluding hydrogens is 550 g/mol. The monoisotopic (exact) mass is 575 g/mol. The van der Waals surface area contributed by atoms with Crippen molar-refractivity contribution in [2.24, 2.45) is 5.10 Å². The maximum absolute atomic E-state index is 13.7. The molecule has 10 heteroatoms. The van der Waals surface area contributed by atoms with Gasteiger partial charge in [-0.15, -0.1) is 0 Å². The molecule has 1 N–H and O–H groups in total. The average molecular weight is 576 g/mol. The minimum absolute atomic E-state index is 0.0278. The van der Waals surface area contributed by atoms with Gasteiger partial charge in [-0.2, -0.15) is 5.10 Å². The molecule has 0 spiro atoms. The van der Waals surface area contributed by atoms with Crippen LogP contribution < -0.4 is 9.73 Å². The van der Waals surface area contributed by atoms with Gasteiger partial charge in [0, 0.05) is 10.6 Å². The number of amides is 1. The SMILES string of the molecule is COC(=O)c1ccc(/C=N\NC(=O)c2ccc(CN(c3cccc(Cl)c3C)S(=O)(=O)c3ccccc3)cc2)cc1. The minimum Gasteiger partial charge on any atom is -0.465 e. The number of hydrogen-bond acceptors (Lipinski definition) is 6. The van der Waals surface area contributed by atoms with Gasteiger partial charge in [-0.05, 0) is 72.1 Å². The molecule has 4 aromatic carbocycles. The maximum Gasteiger partial charge on any atom is 0.337 e. The Hall–Kier alpha value is -4.47. The number of nitrogens with one attached hydrogen (secondary N) is 1. The van der Waals surface area contributed by atoms with E-state index in [1.807, 2.05) is 0 Å². The van der Waals surface area contributed by atoms with E-state index in [-0.39, 0.29) is 11.4 Å². The molecule has 0 aliphatic rings. The largest absolute Gasteiger partial charge is 0.465 e. The average Bonchev–Trinajstić information content (AvgIpc) is 2.98. The van der Waals surface area contributed by atoms with E-state index in [9.17, 15) is 18.0 Å². The molecule has 0 aliphatic heterocycles. The van der Waals surface area contributed by atoms with Gasteiger partial charge in [0.15, 0.2) is 0 Å².